The van der Waals surface area contributed by atoms with Crippen molar-refractivity contribution in [2.75, 3.05) is 10.2 Å². The van der Waals surface area contributed by atoms with Crippen molar-refractivity contribution in [3.63, 3.8) is 0 Å². The van der Waals surface area contributed by atoms with E-state index in [9.17, 15) is 9.59 Å². The molecule has 0 saturated carbocycles. The molecule has 1 N–H and O–H groups in total. The van der Waals surface area contributed by atoms with Gasteiger partial charge in [-0.05, 0) is 42.3 Å². The quantitative estimate of drug-likeness (QED) is 0.707. The Balaban J connectivity index is 1.83. The minimum atomic E-state index is -0.353. The monoisotopic (exact) mass is 354 g/mol. The molecule has 0 atom stereocenters. The normalized spacial score (nSPS) is 14.0. The molecule has 3 aromatic rings. The average Bonchev–Trinajstić information content (AvgIpc) is 2.93. The van der Waals surface area contributed by atoms with Crippen LogP contribution in [0, 0.1) is 6.92 Å². The van der Waals surface area contributed by atoms with Crippen LogP contribution in [0.3, 0.4) is 0 Å². The summed E-state index contributed by atoms with van der Waals surface area (Å²) >= 11 is 0. The van der Waals surface area contributed by atoms with Crippen LogP contribution in [0.25, 0.3) is 5.57 Å². The van der Waals surface area contributed by atoms with Crippen molar-refractivity contribution in [1.82, 2.24) is 0 Å². The predicted molar refractivity (Wildman–Crippen MR) is 107 cm³/mol. The molecular formula is C23H18N2O2. The van der Waals surface area contributed by atoms with Crippen molar-refractivity contribution in [2.24, 2.45) is 0 Å². The summed E-state index contributed by atoms with van der Waals surface area (Å²) in [7, 11) is 0. The lowest BCUT2D eigenvalue weighted by Crippen LogP contribution is -2.32. The van der Waals surface area contributed by atoms with E-state index in [1.54, 1.807) is 6.07 Å². The molecule has 0 fully saturated rings. The van der Waals surface area contributed by atoms with E-state index in [-0.39, 0.29) is 11.8 Å². The number of amides is 2. The van der Waals surface area contributed by atoms with Gasteiger partial charge in [0.25, 0.3) is 11.8 Å². The predicted octanol–water partition coefficient (Wildman–Crippen LogP) is 4.39. The summed E-state index contributed by atoms with van der Waals surface area (Å²) in [5, 5.41) is 3.15. The maximum Gasteiger partial charge on any atom is 0.282 e. The Morgan fingerprint density at radius 3 is 2.07 bits per heavy atom. The number of nitrogens with zero attached hydrogens (tertiary/aromatic N) is 1. The van der Waals surface area contributed by atoms with Gasteiger partial charge in [0.05, 0.1) is 11.3 Å². The smallest absolute Gasteiger partial charge is 0.282 e. The standard InChI is InChI=1S/C23H18N2O2/c1-16-9-8-14-19(15-16)25-22(26)20(17-10-4-2-5-11-17)21(23(25)27)24-18-12-6-3-7-13-18/h2-15,24H,1H3. The minimum absolute atomic E-state index is 0.291. The van der Waals surface area contributed by atoms with E-state index in [1.807, 2.05) is 85.8 Å². The summed E-state index contributed by atoms with van der Waals surface area (Å²) < 4.78 is 0. The Kier molecular flexibility index (Phi) is 4.30. The molecule has 0 spiro atoms. The number of carbonyl (C=O) groups is 2. The van der Waals surface area contributed by atoms with Gasteiger partial charge < -0.3 is 5.32 Å². The summed E-state index contributed by atoms with van der Waals surface area (Å²) in [6.07, 6.45) is 0. The molecule has 4 rings (SSSR count). The molecule has 0 aromatic heterocycles. The van der Waals surface area contributed by atoms with E-state index in [1.165, 1.54) is 4.90 Å². The Labute approximate surface area is 157 Å². The highest BCUT2D eigenvalue weighted by Crippen LogP contribution is 2.33. The zero-order valence-electron chi connectivity index (χ0n) is 14.8. The van der Waals surface area contributed by atoms with Crippen molar-refractivity contribution >= 4 is 28.8 Å². The molecule has 3 aromatic carbocycles. The lowest BCUT2D eigenvalue weighted by Gasteiger charge is -2.16. The fourth-order valence-corrected chi connectivity index (χ4v) is 3.19. The lowest BCUT2D eigenvalue weighted by atomic mass is 10.0. The number of rotatable bonds is 4. The first-order valence-electron chi connectivity index (χ1n) is 8.72. The Hall–Kier alpha value is -3.66. The van der Waals surface area contributed by atoms with E-state index in [4.69, 9.17) is 0 Å². The molecule has 4 heteroatoms. The van der Waals surface area contributed by atoms with Crippen LogP contribution >= 0.6 is 0 Å². The van der Waals surface area contributed by atoms with Gasteiger partial charge in [0.15, 0.2) is 0 Å². The molecule has 132 valence electrons. The molecule has 0 aliphatic carbocycles. The fourth-order valence-electron chi connectivity index (χ4n) is 3.19. The van der Waals surface area contributed by atoms with Gasteiger partial charge in [-0.3, -0.25) is 9.59 Å². The van der Waals surface area contributed by atoms with Crippen molar-refractivity contribution in [3.05, 3.63) is 102 Å². The third-order valence-electron chi connectivity index (χ3n) is 4.45. The number of benzene rings is 3. The molecule has 0 unspecified atom stereocenters. The largest absolute Gasteiger partial charge is 0.350 e. The lowest BCUT2D eigenvalue weighted by molar-refractivity contribution is -0.120. The molecule has 0 saturated heterocycles. The van der Waals surface area contributed by atoms with E-state index in [2.05, 4.69) is 5.32 Å². The molecule has 27 heavy (non-hydrogen) atoms. The van der Waals surface area contributed by atoms with Gasteiger partial charge >= 0.3 is 0 Å². The number of imide groups is 1. The minimum Gasteiger partial charge on any atom is -0.350 e. The number of hydrogen-bond donors (Lipinski definition) is 1. The van der Waals surface area contributed by atoms with Crippen LogP contribution in [0.5, 0.6) is 0 Å². The Morgan fingerprint density at radius 1 is 0.741 bits per heavy atom. The van der Waals surface area contributed by atoms with Crippen LogP contribution in [0.15, 0.2) is 90.6 Å². The first kappa shape index (κ1) is 16.8. The van der Waals surface area contributed by atoms with E-state index in [0.29, 0.717) is 22.5 Å². The van der Waals surface area contributed by atoms with Crippen molar-refractivity contribution in [3.8, 4) is 0 Å². The number of carbonyl (C=O) groups excluding carboxylic acids is 2. The van der Waals surface area contributed by atoms with Gasteiger partial charge in [-0.25, -0.2) is 4.90 Å². The first-order chi connectivity index (χ1) is 13.1. The maximum absolute atomic E-state index is 13.2. The molecule has 1 aliphatic heterocycles. The highest BCUT2D eigenvalue weighted by Gasteiger charge is 2.40. The van der Waals surface area contributed by atoms with Gasteiger partial charge in [-0.15, -0.1) is 0 Å². The van der Waals surface area contributed by atoms with E-state index >= 15 is 0 Å². The number of hydrogen-bond acceptors (Lipinski definition) is 3. The van der Waals surface area contributed by atoms with Crippen LogP contribution in [0.2, 0.25) is 0 Å². The number of aryl methyl sites for hydroxylation is 1. The van der Waals surface area contributed by atoms with E-state index < -0.39 is 0 Å². The van der Waals surface area contributed by atoms with Gasteiger partial charge in [0.2, 0.25) is 0 Å². The molecule has 0 bridgehead atoms. The topological polar surface area (TPSA) is 49.4 Å². The van der Waals surface area contributed by atoms with Gasteiger partial charge in [0, 0.05) is 5.69 Å². The van der Waals surface area contributed by atoms with Crippen molar-refractivity contribution < 1.29 is 9.59 Å². The highest BCUT2D eigenvalue weighted by atomic mass is 16.2. The molecule has 4 nitrogen and oxygen atoms in total. The second-order valence-electron chi connectivity index (χ2n) is 6.39. The zero-order chi connectivity index (χ0) is 18.8. The number of anilines is 2. The van der Waals surface area contributed by atoms with Crippen LogP contribution in [-0.2, 0) is 9.59 Å². The third-order valence-corrected chi connectivity index (χ3v) is 4.45. The van der Waals surface area contributed by atoms with Gasteiger partial charge in [-0.1, -0.05) is 60.7 Å². The summed E-state index contributed by atoms with van der Waals surface area (Å²) in [6.45, 7) is 1.93. The summed E-state index contributed by atoms with van der Waals surface area (Å²) in [4.78, 5) is 27.7. The summed E-state index contributed by atoms with van der Waals surface area (Å²) in [6, 6.07) is 26.1. The second-order valence-corrected chi connectivity index (χ2v) is 6.39. The van der Waals surface area contributed by atoms with Gasteiger partial charge in [-0.2, -0.15) is 0 Å². The zero-order valence-corrected chi connectivity index (χ0v) is 14.8. The number of para-hydroxylation sites is 1. The Morgan fingerprint density at radius 2 is 1.41 bits per heavy atom. The molecule has 1 aliphatic rings. The highest BCUT2D eigenvalue weighted by molar-refractivity contribution is 6.46. The SMILES string of the molecule is Cc1cccc(N2C(=O)C(Nc3ccccc3)=C(c3ccccc3)C2=O)c1. The number of nitrogens with one attached hydrogen (secondary N) is 1. The van der Waals surface area contributed by atoms with Crippen molar-refractivity contribution in [1.29, 1.82) is 0 Å². The van der Waals surface area contributed by atoms with Crippen LogP contribution in [0.4, 0.5) is 11.4 Å². The average molecular weight is 354 g/mol. The Bertz CT molecular complexity index is 1040. The third kappa shape index (κ3) is 3.13. The second kappa shape index (κ2) is 6.92. The maximum atomic E-state index is 13.2. The molecule has 0 radical (unpaired) electrons. The fraction of sp³-hybridized carbons (Fsp3) is 0.0435. The van der Waals surface area contributed by atoms with Crippen LogP contribution in [-0.4, -0.2) is 11.8 Å². The first-order valence-corrected chi connectivity index (χ1v) is 8.72. The molecule has 2 amide bonds. The summed E-state index contributed by atoms with van der Waals surface area (Å²) in [5.41, 5.74) is 3.70. The van der Waals surface area contributed by atoms with Gasteiger partial charge in [0.1, 0.15) is 5.70 Å². The summed E-state index contributed by atoms with van der Waals surface area (Å²) in [5.74, 6) is -0.677. The van der Waals surface area contributed by atoms with Crippen LogP contribution < -0.4 is 10.2 Å². The molecule has 1 heterocycles. The van der Waals surface area contributed by atoms with E-state index in [0.717, 1.165) is 11.3 Å². The molecular weight excluding hydrogens is 336 g/mol. The van der Waals surface area contributed by atoms with Crippen molar-refractivity contribution in [2.45, 2.75) is 6.92 Å². The van der Waals surface area contributed by atoms with Crippen LogP contribution in [0.1, 0.15) is 11.1 Å².